The van der Waals surface area contributed by atoms with Crippen molar-refractivity contribution in [3.05, 3.63) is 48.1 Å². The molecule has 0 unspecified atom stereocenters. The number of para-hydroxylation sites is 1. The topological polar surface area (TPSA) is 125 Å². The number of nitrogens with two attached hydrogens (primary N) is 1. The number of hydrogen-bond acceptors (Lipinski definition) is 7. The molecule has 0 spiro atoms. The molecule has 1 amide bonds. The number of primary amides is 1. The number of carbonyl (C=O) groups is 1. The van der Waals surface area contributed by atoms with Crippen molar-refractivity contribution in [2.45, 2.75) is 6.54 Å². The van der Waals surface area contributed by atoms with Crippen LogP contribution in [0, 0.1) is 0 Å². The molecule has 2 aromatic heterocycles. The van der Waals surface area contributed by atoms with E-state index in [1.165, 1.54) is 0 Å². The van der Waals surface area contributed by atoms with Gasteiger partial charge in [0, 0.05) is 0 Å². The van der Waals surface area contributed by atoms with Crippen LogP contribution in [-0.2, 0) is 6.54 Å². The fourth-order valence-electron chi connectivity index (χ4n) is 1.65. The number of benzene rings is 1. The molecular weight excluding hydrogens is 274 g/mol. The number of nitrogens with zero attached hydrogens (tertiary/aromatic N) is 5. The lowest BCUT2D eigenvalue weighted by Gasteiger charge is -1.98. The molecule has 0 aliphatic heterocycles. The van der Waals surface area contributed by atoms with E-state index in [4.69, 9.17) is 10.2 Å². The molecule has 0 radical (unpaired) electrons. The lowest BCUT2D eigenvalue weighted by Crippen LogP contribution is -2.11. The highest BCUT2D eigenvalue weighted by Gasteiger charge is 2.11. The number of anilines is 1. The highest BCUT2D eigenvalue weighted by Crippen LogP contribution is 2.08. The van der Waals surface area contributed by atoms with Crippen LogP contribution in [0.5, 0.6) is 0 Å². The van der Waals surface area contributed by atoms with Crippen molar-refractivity contribution in [3.63, 3.8) is 0 Å². The highest BCUT2D eigenvalue weighted by molar-refractivity contribution is 5.87. The summed E-state index contributed by atoms with van der Waals surface area (Å²) >= 11 is 0. The summed E-state index contributed by atoms with van der Waals surface area (Å²) in [6.07, 6.45) is 1.77. The van der Waals surface area contributed by atoms with Crippen LogP contribution < -0.4 is 11.1 Å². The van der Waals surface area contributed by atoms with Crippen LogP contribution in [0.1, 0.15) is 16.4 Å². The minimum Gasteiger partial charge on any atom is -0.399 e. The third-order valence-corrected chi connectivity index (χ3v) is 2.62. The van der Waals surface area contributed by atoms with Crippen LogP contribution >= 0.6 is 0 Å². The Morgan fingerprint density at radius 2 is 2.05 bits per heavy atom. The maximum absolute atomic E-state index is 10.8. The van der Waals surface area contributed by atoms with Crippen LogP contribution in [-0.4, -0.2) is 31.1 Å². The summed E-state index contributed by atoms with van der Waals surface area (Å²) in [7, 11) is 0. The number of rotatable bonds is 5. The van der Waals surface area contributed by atoms with Gasteiger partial charge in [0.15, 0.2) is 0 Å². The molecule has 1 aromatic carbocycles. The number of aromatic nitrogens is 5. The van der Waals surface area contributed by atoms with Gasteiger partial charge in [-0.05, 0) is 12.1 Å². The zero-order chi connectivity index (χ0) is 14.7. The van der Waals surface area contributed by atoms with Gasteiger partial charge in [-0.25, -0.2) is 4.68 Å². The van der Waals surface area contributed by atoms with Gasteiger partial charge in [-0.1, -0.05) is 28.5 Å². The fraction of sp³-hybridized carbons (Fsp3) is 0.0833. The Labute approximate surface area is 118 Å². The average Bonchev–Trinajstić information content (AvgIpc) is 3.15. The quantitative estimate of drug-likeness (QED) is 0.693. The van der Waals surface area contributed by atoms with Crippen LogP contribution in [0.25, 0.3) is 5.69 Å². The Hall–Kier alpha value is -3.23. The van der Waals surface area contributed by atoms with Crippen LogP contribution in [0.3, 0.4) is 0 Å². The lowest BCUT2D eigenvalue weighted by molar-refractivity contribution is 0.0968. The summed E-state index contributed by atoms with van der Waals surface area (Å²) < 4.78 is 6.65. The zero-order valence-electron chi connectivity index (χ0n) is 10.8. The Kier molecular flexibility index (Phi) is 3.29. The van der Waals surface area contributed by atoms with E-state index in [0.29, 0.717) is 12.2 Å². The van der Waals surface area contributed by atoms with Crippen molar-refractivity contribution >= 4 is 11.9 Å². The first-order valence-electron chi connectivity index (χ1n) is 6.06. The second kappa shape index (κ2) is 5.41. The first kappa shape index (κ1) is 12.8. The Bertz CT molecular complexity index is 750. The van der Waals surface area contributed by atoms with Crippen molar-refractivity contribution in [1.82, 2.24) is 25.2 Å². The Morgan fingerprint density at radius 3 is 2.76 bits per heavy atom. The van der Waals surface area contributed by atoms with Crippen molar-refractivity contribution < 1.29 is 9.21 Å². The molecule has 2 heterocycles. The summed E-state index contributed by atoms with van der Waals surface area (Å²) in [6.45, 7) is 0.327. The maximum Gasteiger partial charge on any atom is 0.316 e. The van der Waals surface area contributed by atoms with Gasteiger partial charge in [-0.3, -0.25) is 4.79 Å². The molecule has 0 aliphatic carbocycles. The van der Waals surface area contributed by atoms with Crippen LogP contribution in [0.15, 0.2) is 40.9 Å². The molecule has 0 saturated carbocycles. The Balaban J connectivity index is 1.66. The third kappa shape index (κ3) is 2.86. The minimum atomic E-state index is -0.773. The molecule has 106 valence electrons. The molecule has 0 atom stereocenters. The molecule has 3 aromatic rings. The van der Waals surface area contributed by atoms with E-state index in [0.717, 1.165) is 5.69 Å². The van der Waals surface area contributed by atoms with Crippen LogP contribution in [0.2, 0.25) is 0 Å². The monoisotopic (exact) mass is 285 g/mol. The first-order chi connectivity index (χ1) is 10.2. The molecule has 0 saturated heterocycles. The SMILES string of the molecule is NC(=O)c1nnc(NCc2cn(-c3ccccc3)nn2)o1. The second-order valence-corrected chi connectivity index (χ2v) is 4.12. The number of nitrogens with one attached hydrogen (secondary N) is 1. The molecular formula is C12H11N7O2. The number of amides is 1. The van der Waals surface area contributed by atoms with Gasteiger partial charge in [0.1, 0.15) is 5.69 Å². The number of hydrogen-bond donors (Lipinski definition) is 2. The minimum absolute atomic E-state index is 0.0954. The first-order valence-corrected chi connectivity index (χ1v) is 6.06. The van der Waals surface area contributed by atoms with Gasteiger partial charge in [0.2, 0.25) is 0 Å². The van der Waals surface area contributed by atoms with Crippen molar-refractivity contribution in [3.8, 4) is 5.69 Å². The average molecular weight is 285 g/mol. The van der Waals surface area contributed by atoms with Gasteiger partial charge in [-0.2, -0.15) is 0 Å². The normalized spacial score (nSPS) is 10.5. The summed E-state index contributed by atoms with van der Waals surface area (Å²) in [5, 5.41) is 18.0. The second-order valence-electron chi connectivity index (χ2n) is 4.12. The van der Waals surface area contributed by atoms with Gasteiger partial charge < -0.3 is 15.5 Å². The van der Waals surface area contributed by atoms with E-state index in [-0.39, 0.29) is 11.9 Å². The molecule has 0 fully saturated rings. The zero-order valence-corrected chi connectivity index (χ0v) is 10.8. The van der Waals surface area contributed by atoms with Gasteiger partial charge >= 0.3 is 17.8 Å². The van der Waals surface area contributed by atoms with E-state index >= 15 is 0 Å². The van der Waals surface area contributed by atoms with E-state index < -0.39 is 5.91 Å². The maximum atomic E-state index is 10.8. The molecule has 3 N–H and O–H groups in total. The van der Waals surface area contributed by atoms with E-state index in [1.54, 1.807) is 10.9 Å². The van der Waals surface area contributed by atoms with Crippen molar-refractivity contribution in [2.75, 3.05) is 5.32 Å². The van der Waals surface area contributed by atoms with Gasteiger partial charge in [-0.15, -0.1) is 10.2 Å². The predicted molar refractivity (Wildman–Crippen MR) is 71.5 cm³/mol. The van der Waals surface area contributed by atoms with Gasteiger partial charge in [0.25, 0.3) is 0 Å². The standard InChI is InChI=1S/C12H11N7O2/c13-10(20)11-16-17-12(21-11)14-6-8-7-19(18-15-8)9-4-2-1-3-5-9/h1-5,7H,6H2,(H2,13,20)(H,14,17). The summed E-state index contributed by atoms with van der Waals surface area (Å²) in [4.78, 5) is 10.8. The molecule has 0 aliphatic rings. The molecule has 9 nitrogen and oxygen atoms in total. The van der Waals surface area contributed by atoms with Crippen molar-refractivity contribution in [2.24, 2.45) is 5.73 Å². The largest absolute Gasteiger partial charge is 0.399 e. The molecule has 21 heavy (non-hydrogen) atoms. The Morgan fingerprint density at radius 1 is 1.24 bits per heavy atom. The highest BCUT2D eigenvalue weighted by atomic mass is 16.4. The molecule has 0 bridgehead atoms. The molecule has 9 heteroatoms. The van der Waals surface area contributed by atoms with E-state index in [9.17, 15) is 4.79 Å². The van der Waals surface area contributed by atoms with E-state index in [2.05, 4.69) is 25.8 Å². The smallest absolute Gasteiger partial charge is 0.316 e. The summed E-state index contributed by atoms with van der Waals surface area (Å²) in [6, 6.07) is 9.69. The number of carbonyl (C=O) groups excluding carboxylic acids is 1. The lowest BCUT2D eigenvalue weighted by atomic mass is 10.3. The van der Waals surface area contributed by atoms with Gasteiger partial charge in [0.05, 0.1) is 18.4 Å². The molecule has 3 rings (SSSR count). The third-order valence-electron chi connectivity index (χ3n) is 2.62. The van der Waals surface area contributed by atoms with Crippen molar-refractivity contribution in [1.29, 1.82) is 0 Å². The van der Waals surface area contributed by atoms with Crippen LogP contribution in [0.4, 0.5) is 6.01 Å². The fourth-order valence-corrected chi connectivity index (χ4v) is 1.65. The summed E-state index contributed by atoms with van der Waals surface area (Å²) in [5.41, 5.74) is 6.60. The van der Waals surface area contributed by atoms with E-state index in [1.807, 2.05) is 30.3 Å². The summed E-state index contributed by atoms with van der Waals surface area (Å²) in [5.74, 6) is -1.02. The predicted octanol–water partition coefficient (Wildman–Crippen LogP) is 0.361.